The van der Waals surface area contributed by atoms with Crippen LogP contribution in [-0.4, -0.2) is 26.0 Å². The van der Waals surface area contributed by atoms with Crippen LogP contribution in [0.4, 0.5) is 0 Å². The van der Waals surface area contributed by atoms with Crippen LogP contribution in [0.5, 0.6) is 0 Å². The molecule has 2 N–H and O–H groups in total. The molecule has 0 aromatic heterocycles. The Labute approximate surface area is 50.1 Å². The molecule has 0 rings (SSSR count). The zero-order valence-electron chi connectivity index (χ0n) is 4.57. The second-order valence-corrected chi connectivity index (χ2v) is 1.58. The second kappa shape index (κ2) is 6.27. The monoisotopic (exact) mass is 120 g/mol. The predicted octanol–water partition coefficient (Wildman–Crippen LogP) is -0.317. The third kappa shape index (κ3) is 6.27. The molecule has 0 spiro atoms. The van der Waals surface area contributed by atoms with Crippen molar-refractivity contribution in [2.75, 3.05) is 26.0 Å². The van der Waals surface area contributed by atoms with Crippen molar-refractivity contribution < 1.29 is 0 Å². The van der Waals surface area contributed by atoms with E-state index in [-0.39, 0.29) is 0 Å². The number of hydrogen-bond acceptors (Lipinski definition) is 3. The quantitative estimate of drug-likeness (QED) is 0.269. The van der Waals surface area contributed by atoms with E-state index in [4.69, 9.17) is 0 Å². The van der Waals surface area contributed by atoms with Crippen LogP contribution in [0.1, 0.15) is 0 Å². The number of hydrogen-bond donors (Lipinski definition) is 3. The molecule has 0 heterocycles. The summed E-state index contributed by atoms with van der Waals surface area (Å²) < 4.78 is 0. The molecule has 0 radical (unpaired) electrons. The van der Waals surface area contributed by atoms with Gasteiger partial charge in [-0.05, 0) is 7.05 Å². The highest BCUT2D eigenvalue weighted by atomic mass is 32.1. The lowest BCUT2D eigenvalue weighted by Crippen LogP contribution is -2.23. The van der Waals surface area contributed by atoms with Crippen molar-refractivity contribution in [1.29, 1.82) is 0 Å². The highest BCUT2D eigenvalue weighted by molar-refractivity contribution is 7.80. The van der Waals surface area contributed by atoms with Crippen LogP contribution < -0.4 is 10.6 Å². The van der Waals surface area contributed by atoms with Crippen LogP contribution in [0.25, 0.3) is 0 Å². The molecule has 2 nitrogen and oxygen atoms in total. The van der Waals surface area contributed by atoms with E-state index in [2.05, 4.69) is 23.3 Å². The van der Waals surface area contributed by atoms with E-state index < -0.39 is 0 Å². The highest BCUT2D eigenvalue weighted by Crippen LogP contribution is 1.61. The normalized spacial score (nSPS) is 9.43. The van der Waals surface area contributed by atoms with E-state index >= 15 is 0 Å². The Bertz CT molecular complexity index is 28.9. The average molecular weight is 120 g/mol. The molecule has 0 aliphatic heterocycles. The standard InChI is InChI=1S/C4H12N2S/c1-5-2-3-6-4-7/h5-7H,2-4H2,1H3. The Balaban J connectivity index is 2.45. The van der Waals surface area contributed by atoms with E-state index in [0.29, 0.717) is 0 Å². The lowest BCUT2D eigenvalue weighted by atomic mass is 10.6. The fraction of sp³-hybridized carbons (Fsp3) is 1.00. The summed E-state index contributed by atoms with van der Waals surface area (Å²) >= 11 is 3.95. The fourth-order valence-corrected chi connectivity index (χ4v) is 0.451. The first-order chi connectivity index (χ1) is 3.41. The molecule has 0 saturated carbocycles. The van der Waals surface area contributed by atoms with Gasteiger partial charge in [0.25, 0.3) is 0 Å². The molecule has 0 fully saturated rings. The van der Waals surface area contributed by atoms with E-state index in [9.17, 15) is 0 Å². The van der Waals surface area contributed by atoms with Gasteiger partial charge < -0.3 is 10.6 Å². The Morgan fingerprint density at radius 3 is 2.57 bits per heavy atom. The molecule has 3 heteroatoms. The summed E-state index contributed by atoms with van der Waals surface area (Å²) in [6.45, 7) is 2.01. The third-order valence-corrected chi connectivity index (χ3v) is 0.887. The van der Waals surface area contributed by atoms with Crippen LogP contribution in [-0.2, 0) is 0 Å². The van der Waals surface area contributed by atoms with Gasteiger partial charge in [-0.15, -0.1) is 0 Å². The first-order valence-corrected chi connectivity index (χ1v) is 3.01. The van der Waals surface area contributed by atoms with Crippen molar-refractivity contribution in [3.63, 3.8) is 0 Å². The summed E-state index contributed by atoms with van der Waals surface area (Å²) in [7, 11) is 1.93. The maximum absolute atomic E-state index is 3.95. The van der Waals surface area contributed by atoms with Gasteiger partial charge in [-0.25, -0.2) is 0 Å². The largest absolute Gasteiger partial charge is 0.318 e. The Kier molecular flexibility index (Phi) is 6.51. The first kappa shape index (κ1) is 7.27. The van der Waals surface area contributed by atoms with Crippen LogP contribution in [0.3, 0.4) is 0 Å². The maximum atomic E-state index is 3.95. The van der Waals surface area contributed by atoms with Crippen LogP contribution in [0, 0.1) is 0 Å². The highest BCUT2D eigenvalue weighted by Gasteiger charge is 1.76. The van der Waals surface area contributed by atoms with Crippen molar-refractivity contribution in [3.8, 4) is 0 Å². The molecule has 0 bridgehead atoms. The summed E-state index contributed by atoms with van der Waals surface area (Å²) in [5, 5.41) is 6.06. The summed E-state index contributed by atoms with van der Waals surface area (Å²) in [4.78, 5) is 0. The van der Waals surface area contributed by atoms with Gasteiger partial charge in [0.15, 0.2) is 0 Å². The van der Waals surface area contributed by atoms with Crippen molar-refractivity contribution in [1.82, 2.24) is 10.6 Å². The van der Waals surface area contributed by atoms with Crippen LogP contribution in [0.15, 0.2) is 0 Å². The SMILES string of the molecule is CNCCNCS. The number of nitrogens with one attached hydrogen (secondary N) is 2. The zero-order chi connectivity index (χ0) is 5.54. The first-order valence-electron chi connectivity index (χ1n) is 2.38. The van der Waals surface area contributed by atoms with Gasteiger partial charge in [-0.2, -0.15) is 12.6 Å². The zero-order valence-corrected chi connectivity index (χ0v) is 5.46. The van der Waals surface area contributed by atoms with Crippen LogP contribution >= 0.6 is 12.6 Å². The molecule has 0 aromatic rings. The van der Waals surface area contributed by atoms with E-state index in [0.717, 1.165) is 19.0 Å². The van der Waals surface area contributed by atoms with E-state index in [1.165, 1.54) is 0 Å². The molecular formula is C4H12N2S. The average Bonchev–Trinajstić information content (AvgIpc) is 1.69. The van der Waals surface area contributed by atoms with Crippen molar-refractivity contribution in [3.05, 3.63) is 0 Å². The van der Waals surface area contributed by atoms with E-state index in [1.54, 1.807) is 0 Å². The van der Waals surface area contributed by atoms with Gasteiger partial charge in [0.1, 0.15) is 0 Å². The lowest BCUT2D eigenvalue weighted by molar-refractivity contribution is 0.709. The predicted molar refractivity (Wildman–Crippen MR) is 35.8 cm³/mol. The smallest absolute Gasteiger partial charge is 0.0387 e. The lowest BCUT2D eigenvalue weighted by Gasteiger charge is -1.96. The van der Waals surface area contributed by atoms with Crippen molar-refractivity contribution in [2.24, 2.45) is 0 Å². The third-order valence-electron chi connectivity index (χ3n) is 0.664. The van der Waals surface area contributed by atoms with Crippen LogP contribution in [0.2, 0.25) is 0 Å². The minimum absolute atomic E-state index is 0.766. The minimum Gasteiger partial charge on any atom is -0.318 e. The molecule has 0 amide bonds. The molecule has 7 heavy (non-hydrogen) atoms. The van der Waals surface area contributed by atoms with Crippen molar-refractivity contribution in [2.45, 2.75) is 0 Å². The fourth-order valence-electron chi connectivity index (χ4n) is 0.292. The van der Waals surface area contributed by atoms with Gasteiger partial charge in [-0.3, -0.25) is 0 Å². The Morgan fingerprint density at radius 1 is 1.43 bits per heavy atom. The van der Waals surface area contributed by atoms with Gasteiger partial charge in [0, 0.05) is 19.0 Å². The molecule has 0 aromatic carbocycles. The molecule has 0 atom stereocenters. The summed E-state index contributed by atoms with van der Waals surface area (Å²) in [5.41, 5.74) is 0. The molecule has 0 aliphatic carbocycles. The van der Waals surface area contributed by atoms with Gasteiger partial charge in [-0.1, -0.05) is 0 Å². The van der Waals surface area contributed by atoms with Gasteiger partial charge in [0.05, 0.1) is 0 Å². The summed E-state index contributed by atoms with van der Waals surface area (Å²) in [6, 6.07) is 0. The van der Waals surface area contributed by atoms with Gasteiger partial charge >= 0.3 is 0 Å². The number of rotatable bonds is 4. The summed E-state index contributed by atoms with van der Waals surface area (Å²) in [6.07, 6.45) is 0. The van der Waals surface area contributed by atoms with E-state index in [1.807, 2.05) is 7.05 Å². The number of thiol groups is 1. The molecule has 0 aliphatic rings. The molecule has 0 unspecified atom stereocenters. The maximum Gasteiger partial charge on any atom is 0.0387 e. The van der Waals surface area contributed by atoms with Crippen molar-refractivity contribution >= 4 is 12.6 Å². The number of likely N-dealkylation sites (N-methyl/N-ethyl adjacent to an activating group) is 1. The minimum atomic E-state index is 0.766. The van der Waals surface area contributed by atoms with Gasteiger partial charge in [0.2, 0.25) is 0 Å². The molecular weight excluding hydrogens is 108 g/mol. The Hall–Kier alpha value is 0.270. The Morgan fingerprint density at radius 2 is 2.14 bits per heavy atom. The molecule has 44 valence electrons. The topological polar surface area (TPSA) is 24.1 Å². The summed E-state index contributed by atoms with van der Waals surface area (Å²) in [5.74, 6) is 0.766. The second-order valence-electron chi connectivity index (χ2n) is 1.26. The molecule has 0 saturated heterocycles.